The Morgan fingerprint density at radius 2 is 2.19 bits per heavy atom. The molecule has 2 unspecified atom stereocenters. The van der Waals surface area contributed by atoms with Gasteiger partial charge in [0.15, 0.2) is 0 Å². The third kappa shape index (κ3) is 3.73. The normalized spacial score (nSPS) is 22.4. The van der Waals surface area contributed by atoms with Crippen LogP contribution in [0.3, 0.4) is 0 Å². The molecule has 1 fully saturated rings. The fraction of sp³-hybridized carbons (Fsp3) is 0.462. The van der Waals surface area contributed by atoms with Crippen molar-refractivity contribution in [2.24, 2.45) is 5.73 Å². The van der Waals surface area contributed by atoms with Crippen LogP contribution in [0.4, 0.5) is 0 Å². The summed E-state index contributed by atoms with van der Waals surface area (Å²) >= 11 is 10.9. The zero-order chi connectivity index (χ0) is 15.6. The summed E-state index contributed by atoms with van der Waals surface area (Å²) in [4.78, 5) is 0.224. The largest absolute Gasteiger partial charge is 0.389 e. The van der Waals surface area contributed by atoms with E-state index < -0.39 is 10.0 Å². The molecule has 8 heteroatoms. The van der Waals surface area contributed by atoms with Gasteiger partial charge in [-0.05, 0) is 37.5 Å². The first-order valence-corrected chi connectivity index (χ1v) is 8.76. The van der Waals surface area contributed by atoms with Crippen LogP contribution in [0.25, 0.3) is 0 Å². The molecule has 0 spiro atoms. The van der Waals surface area contributed by atoms with E-state index in [1.54, 1.807) is 7.11 Å². The molecule has 1 aromatic carbocycles. The maximum Gasteiger partial charge on any atom is 0.240 e. The number of hydrogen-bond acceptors (Lipinski definition) is 4. The lowest BCUT2D eigenvalue weighted by Crippen LogP contribution is -2.40. The molecule has 1 saturated carbocycles. The SMILES string of the molecule is COC1CCCC1NS(=O)(=O)c1ccc(C(N)=S)c(Cl)c1. The van der Waals surface area contributed by atoms with Crippen molar-refractivity contribution in [2.75, 3.05) is 7.11 Å². The Balaban J connectivity index is 2.23. The summed E-state index contributed by atoms with van der Waals surface area (Å²) in [6, 6.07) is 4.10. The monoisotopic (exact) mass is 348 g/mol. The molecule has 1 aliphatic rings. The Morgan fingerprint density at radius 1 is 1.48 bits per heavy atom. The summed E-state index contributed by atoms with van der Waals surface area (Å²) in [5, 5.41) is 0.222. The molecule has 1 aliphatic carbocycles. The summed E-state index contributed by atoms with van der Waals surface area (Å²) in [5.41, 5.74) is 5.97. The number of thiocarbonyl (C=S) groups is 1. The van der Waals surface area contributed by atoms with Gasteiger partial charge in [0, 0.05) is 18.7 Å². The lowest BCUT2D eigenvalue weighted by Gasteiger charge is -2.19. The molecule has 0 heterocycles. The third-order valence-electron chi connectivity index (χ3n) is 3.58. The molecule has 21 heavy (non-hydrogen) atoms. The lowest BCUT2D eigenvalue weighted by molar-refractivity contribution is 0.0916. The van der Waals surface area contributed by atoms with Crippen molar-refractivity contribution >= 4 is 38.8 Å². The van der Waals surface area contributed by atoms with Crippen molar-refractivity contribution in [3.05, 3.63) is 28.8 Å². The quantitative estimate of drug-likeness (QED) is 0.793. The maximum atomic E-state index is 12.4. The van der Waals surface area contributed by atoms with Crippen molar-refractivity contribution in [1.82, 2.24) is 4.72 Å². The van der Waals surface area contributed by atoms with Crippen molar-refractivity contribution < 1.29 is 13.2 Å². The van der Waals surface area contributed by atoms with Crippen LogP contribution in [-0.2, 0) is 14.8 Å². The average Bonchev–Trinajstić information content (AvgIpc) is 2.84. The van der Waals surface area contributed by atoms with Gasteiger partial charge in [0.1, 0.15) is 4.99 Å². The van der Waals surface area contributed by atoms with Crippen molar-refractivity contribution in [2.45, 2.75) is 36.3 Å². The van der Waals surface area contributed by atoms with Crippen LogP contribution < -0.4 is 10.5 Å². The Morgan fingerprint density at radius 3 is 2.76 bits per heavy atom. The second-order valence-electron chi connectivity index (χ2n) is 4.94. The van der Waals surface area contributed by atoms with E-state index >= 15 is 0 Å². The minimum absolute atomic E-state index is 0.0915. The molecular weight excluding hydrogens is 332 g/mol. The minimum atomic E-state index is -3.65. The van der Waals surface area contributed by atoms with Gasteiger partial charge in [-0.2, -0.15) is 0 Å². The van der Waals surface area contributed by atoms with Crippen molar-refractivity contribution in [1.29, 1.82) is 0 Å². The van der Waals surface area contributed by atoms with Gasteiger partial charge in [-0.3, -0.25) is 0 Å². The highest BCUT2D eigenvalue weighted by molar-refractivity contribution is 7.89. The van der Waals surface area contributed by atoms with E-state index in [-0.39, 0.29) is 27.1 Å². The van der Waals surface area contributed by atoms with Crippen LogP contribution >= 0.6 is 23.8 Å². The van der Waals surface area contributed by atoms with Gasteiger partial charge >= 0.3 is 0 Å². The highest BCUT2D eigenvalue weighted by atomic mass is 35.5. The first kappa shape index (κ1) is 16.6. The fourth-order valence-corrected chi connectivity index (χ4v) is 4.38. The van der Waals surface area contributed by atoms with Crippen LogP contribution in [0, 0.1) is 0 Å². The predicted molar refractivity (Wildman–Crippen MR) is 86.1 cm³/mol. The summed E-state index contributed by atoms with van der Waals surface area (Å²) in [6.45, 7) is 0. The van der Waals surface area contributed by atoms with Gasteiger partial charge < -0.3 is 10.5 Å². The summed E-state index contributed by atoms with van der Waals surface area (Å²) in [5.74, 6) is 0. The first-order valence-electron chi connectivity index (χ1n) is 6.49. The van der Waals surface area contributed by atoms with Gasteiger partial charge in [0.2, 0.25) is 10.0 Å². The number of methoxy groups -OCH3 is 1. The molecule has 116 valence electrons. The molecule has 0 amide bonds. The molecular formula is C13H17ClN2O3S2. The number of rotatable bonds is 5. The Bertz CT molecular complexity index is 649. The third-order valence-corrected chi connectivity index (χ3v) is 5.60. The molecule has 0 saturated heterocycles. The Hall–Kier alpha value is -0.730. The number of nitrogens with one attached hydrogen (secondary N) is 1. The fourth-order valence-electron chi connectivity index (χ4n) is 2.47. The van der Waals surface area contributed by atoms with E-state index in [0.29, 0.717) is 5.56 Å². The van der Waals surface area contributed by atoms with Gasteiger partial charge in [0.05, 0.1) is 16.0 Å². The van der Waals surface area contributed by atoms with E-state index in [4.69, 9.17) is 34.3 Å². The first-order chi connectivity index (χ1) is 9.85. The number of sulfonamides is 1. The zero-order valence-corrected chi connectivity index (χ0v) is 13.9. The number of benzene rings is 1. The zero-order valence-electron chi connectivity index (χ0n) is 11.5. The van der Waals surface area contributed by atoms with Crippen LogP contribution in [0.2, 0.25) is 5.02 Å². The Kier molecular flexibility index (Phi) is 5.21. The lowest BCUT2D eigenvalue weighted by atomic mass is 10.2. The smallest absolute Gasteiger partial charge is 0.240 e. The van der Waals surface area contributed by atoms with Gasteiger partial charge in [0.25, 0.3) is 0 Å². The molecule has 0 aliphatic heterocycles. The topological polar surface area (TPSA) is 81.4 Å². The van der Waals surface area contributed by atoms with Crippen LogP contribution in [0.15, 0.2) is 23.1 Å². The van der Waals surface area contributed by atoms with Crippen LogP contribution in [0.1, 0.15) is 24.8 Å². The number of hydrogen-bond donors (Lipinski definition) is 2. The average molecular weight is 349 g/mol. The molecule has 0 radical (unpaired) electrons. The van der Waals surface area contributed by atoms with Gasteiger partial charge in [-0.25, -0.2) is 13.1 Å². The van der Waals surface area contributed by atoms with E-state index in [1.165, 1.54) is 18.2 Å². The van der Waals surface area contributed by atoms with E-state index in [9.17, 15) is 8.42 Å². The van der Waals surface area contributed by atoms with E-state index in [2.05, 4.69) is 4.72 Å². The molecule has 1 aromatic rings. The van der Waals surface area contributed by atoms with Crippen LogP contribution in [0.5, 0.6) is 0 Å². The summed E-state index contributed by atoms with van der Waals surface area (Å²) in [7, 11) is -2.06. The Labute approximate surface area is 134 Å². The minimum Gasteiger partial charge on any atom is -0.389 e. The molecule has 2 atom stereocenters. The standard InChI is InChI=1S/C13H17ClN2O3S2/c1-19-12-4-2-3-11(12)16-21(17,18)8-5-6-9(13(15)20)10(14)7-8/h5-7,11-12,16H,2-4H2,1H3,(H2,15,20). The molecule has 2 rings (SSSR count). The maximum absolute atomic E-state index is 12.4. The second kappa shape index (κ2) is 6.58. The highest BCUT2D eigenvalue weighted by Gasteiger charge is 2.31. The number of ether oxygens (including phenoxy) is 1. The second-order valence-corrected chi connectivity index (χ2v) is 7.50. The highest BCUT2D eigenvalue weighted by Crippen LogP contribution is 2.25. The van der Waals surface area contributed by atoms with Crippen molar-refractivity contribution in [3.8, 4) is 0 Å². The van der Waals surface area contributed by atoms with Gasteiger partial charge in [-0.1, -0.05) is 23.8 Å². The predicted octanol–water partition coefficient (Wildman–Crippen LogP) is 1.82. The summed E-state index contributed by atoms with van der Waals surface area (Å²) in [6.07, 6.45) is 2.46. The molecule has 3 N–H and O–H groups in total. The van der Waals surface area contributed by atoms with E-state index in [1.807, 2.05) is 0 Å². The van der Waals surface area contributed by atoms with Crippen LogP contribution in [-0.4, -0.2) is 32.7 Å². The van der Waals surface area contributed by atoms with Gasteiger partial charge in [-0.15, -0.1) is 0 Å². The molecule has 5 nitrogen and oxygen atoms in total. The molecule has 0 aromatic heterocycles. The number of halogens is 1. The van der Waals surface area contributed by atoms with E-state index in [0.717, 1.165) is 19.3 Å². The summed E-state index contributed by atoms with van der Waals surface area (Å²) < 4.78 is 32.8. The number of nitrogens with two attached hydrogens (primary N) is 1. The molecule has 0 bridgehead atoms. The van der Waals surface area contributed by atoms with Crippen molar-refractivity contribution in [3.63, 3.8) is 0 Å².